The second kappa shape index (κ2) is 3.23. The minimum Gasteiger partial charge on any atom is -0.382 e. The third-order valence-electron chi connectivity index (χ3n) is 3.03. The normalized spacial score (nSPS) is 14.0. The minimum atomic E-state index is 0.567. The average molecular weight is 216 g/mol. The molecule has 2 aromatic heterocycles. The van der Waals surface area contributed by atoms with Gasteiger partial charge in [0.1, 0.15) is 5.82 Å². The van der Waals surface area contributed by atoms with Gasteiger partial charge in [-0.15, -0.1) is 0 Å². The van der Waals surface area contributed by atoms with Crippen molar-refractivity contribution >= 4 is 12.1 Å². The molecule has 0 amide bonds. The second-order valence-electron chi connectivity index (χ2n) is 4.04. The number of nitrogens with zero attached hydrogens (tertiary/aromatic N) is 2. The van der Waals surface area contributed by atoms with Crippen LogP contribution in [0.25, 0.3) is 11.4 Å². The van der Waals surface area contributed by atoms with Crippen molar-refractivity contribution in [2.45, 2.75) is 19.4 Å². The van der Waals surface area contributed by atoms with E-state index in [9.17, 15) is 4.79 Å². The molecular weight excluding hydrogens is 204 g/mol. The first-order valence-electron chi connectivity index (χ1n) is 5.28. The molecule has 1 aliphatic heterocycles. The van der Waals surface area contributed by atoms with Crippen LogP contribution in [0.4, 0.5) is 5.82 Å². The number of nitrogens with one attached hydrogen (secondary N) is 1. The highest BCUT2D eigenvalue weighted by Crippen LogP contribution is 2.30. The Hall–Kier alpha value is -2.04. The Kier molecular flexibility index (Phi) is 1.86. The number of H-pyrrole nitrogens is 1. The Balaban J connectivity index is 2.24. The number of nitrogen functional groups attached to an aromatic ring is 1. The summed E-state index contributed by atoms with van der Waals surface area (Å²) in [6.07, 6.45) is 4.67. The van der Waals surface area contributed by atoms with E-state index < -0.39 is 0 Å². The Bertz CT molecular complexity index is 552. The summed E-state index contributed by atoms with van der Waals surface area (Å²) >= 11 is 0. The molecule has 0 bridgehead atoms. The van der Waals surface area contributed by atoms with E-state index in [1.165, 1.54) is 0 Å². The largest absolute Gasteiger partial charge is 0.382 e. The molecule has 0 spiro atoms. The maximum absolute atomic E-state index is 10.8. The van der Waals surface area contributed by atoms with Gasteiger partial charge in [-0.05, 0) is 18.9 Å². The highest BCUT2D eigenvalue weighted by atomic mass is 16.1. The van der Waals surface area contributed by atoms with Crippen LogP contribution in [0.5, 0.6) is 0 Å². The zero-order chi connectivity index (χ0) is 11.1. The lowest BCUT2D eigenvalue weighted by Gasteiger charge is -2.02. The summed E-state index contributed by atoms with van der Waals surface area (Å²) in [5.74, 6) is 0.567. The summed E-state index contributed by atoms with van der Waals surface area (Å²) in [7, 11) is 0. The Morgan fingerprint density at radius 1 is 1.56 bits per heavy atom. The number of rotatable bonds is 1. The third kappa shape index (κ3) is 1.18. The highest BCUT2D eigenvalue weighted by molar-refractivity contribution is 5.79. The van der Waals surface area contributed by atoms with Gasteiger partial charge in [-0.3, -0.25) is 9.89 Å². The van der Waals surface area contributed by atoms with Crippen LogP contribution in [-0.4, -0.2) is 21.1 Å². The van der Waals surface area contributed by atoms with Crippen LogP contribution in [0, 0.1) is 0 Å². The number of aromatic amines is 1. The standard InChI is InChI=1S/C11H12N4O/c12-11-8-2-1-3-15-5-7(6-16)4-9(15)10(8)13-14-11/h4-6H,1-3H2,(H3,12,13,14). The Labute approximate surface area is 92.3 Å². The van der Waals surface area contributed by atoms with Crippen molar-refractivity contribution in [3.8, 4) is 11.4 Å². The number of aryl methyl sites for hydroxylation is 1. The first kappa shape index (κ1) is 9.21. The van der Waals surface area contributed by atoms with Gasteiger partial charge in [-0.2, -0.15) is 5.10 Å². The molecule has 0 unspecified atom stereocenters. The van der Waals surface area contributed by atoms with Crippen LogP contribution in [0.3, 0.4) is 0 Å². The van der Waals surface area contributed by atoms with Crippen molar-refractivity contribution in [3.05, 3.63) is 23.4 Å². The molecule has 3 heterocycles. The fraction of sp³-hybridized carbons (Fsp3) is 0.273. The molecular formula is C11H12N4O. The van der Waals surface area contributed by atoms with E-state index in [4.69, 9.17) is 5.73 Å². The zero-order valence-corrected chi connectivity index (χ0v) is 8.73. The molecule has 1 aliphatic rings. The van der Waals surface area contributed by atoms with E-state index >= 15 is 0 Å². The Morgan fingerprint density at radius 2 is 2.44 bits per heavy atom. The van der Waals surface area contributed by atoms with E-state index in [0.717, 1.165) is 42.6 Å². The minimum absolute atomic E-state index is 0.567. The first-order valence-corrected chi connectivity index (χ1v) is 5.28. The van der Waals surface area contributed by atoms with Gasteiger partial charge in [0.05, 0.1) is 11.4 Å². The summed E-state index contributed by atoms with van der Waals surface area (Å²) in [6.45, 7) is 0.908. The number of aromatic nitrogens is 3. The molecule has 3 rings (SSSR count). The number of hydrogen-bond donors (Lipinski definition) is 2. The number of nitrogens with two attached hydrogens (primary N) is 1. The number of anilines is 1. The van der Waals surface area contributed by atoms with Crippen molar-refractivity contribution in [1.82, 2.24) is 14.8 Å². The Morgan fingerprint density at radius 3 is 3.25 bits per heavy atom. The molecule has 0 saturated carbocycles. The fourth-order valence-corrected chi connectivity index (χ4v) is 2.26. The summed E-state index contributed by atoms with van der Waals surface area (Å²) < 4.78 is 2.08. The van der Waals surface area contributed by atoms with Gasteiger partial charge in [0.25, 0.3) is 0 Å². The number of carbonyl (C=O) groups is 1. The molecule has 16 heavy (non-hydrogen) atoms. The second-order valence-corrected chi connectivity index (χ2v) is 4.04. The lowest BCUT2D eigenvalue weighted by atomic mass is 10.1. The predicted molar refractivity (Wildman–Crippen MR) is 60.1 cm³/mol. The third-order valence-corrected chi connectivity index (χ3v) is 3.03. The smallest absolute Gasteiger partial charge is 0.151 e. The average Bonchev–Trinajstić information content (AvgIpc) is 2.80. The SMILES string of the molecule is Nc1n[nH]c2c1CCCn1cc(C=O)cc1-2. The van der Waals surface area contributed by atoms with Crippen molar-refractivity contribution in [1.29, 1.82) is 0 Å². The summed E-state index contributed by atoms with van der Waals surface area (Å²) in [5.41, 5.74) is 9.51. The van der Waals surface area contributed by atoms with Gasteiger partial charge in [0.15, 0.2) is 6.29 Å². The van der Waals surface area contributed by atoms with Crippen LogP contribution in [-0.2, 0) is 13.0 Å². The van der Waals surface area contributed by atoms with Gasteiger partial charge >= 0.3 is 0 Å². The molecule has 0 fully saturated rings. The molecule has 3 N–H and O–H groups in total. The van der Waals surface area contributed by atoms with Gasteiger partial charge in [-0.25, -0.2) is 0 Å². The van der Waals surface area contributed by atoms with Crippen LogP contribution < -0.4 is 5.73 Å². The van der Waals surface area contributed by atoms with Crippen LogP contribution in [0.15, 0.2) is 12.3 Å². The number of hydrogen-bond acceptors (Lipinski definition) is 3. The van der Waals surface area contributed by atoms with Gasteiger partial charge in [0, 0.05) is 23.9 Å². The summed E-state index contributed by atoms with van der Waals surface area (Å²) in [4.78, 5) is 10.8. The molecule has 2 aromatic rings. The molecule has 0 atom stereocenters. The lowest BCUT2D eigenvalue weighted by Crippen LogP contribution is -1.96. The predicted octanol–water partition coefficient (Wildman–Crippen LogP) is 1.22. The molecule has 5 heteroatoms. The van der Waals surface area contributed by atoms with Crippen LogP contribution >= 0.6 is 0 Å². The lowest BCUT2D eigenvalue weighted by molar-refractivity contribution is 0.112. The van der Waals surface area contributed by atoms with E-state index in [-0.39, 0.29) is 0 Å². The topological polar surface area (TPSA) is 76.7 Å². The molecule has 5 nitrogen and oxygen atoms in total. The number of fused-ring (bicyclic) bond motifs is 3. The number of carbonyl (C=O) groups excluding carboxylic acids is 1. The maximum atomic E-state index is 10.8. The quantitative estimate of drug-likeness (QED) is 0.703. The van der Waals surface area contributed by atoms with Crippen molar-refractivity contribution in [2.24, 2.45) is 0 Å². The number of aldehydes is 1. The van der Waals surface area contributed by atoms with Crippen molar-refractivity contribution in [2.75, 3.05) is 5.73 Å². The monoisotopic (exact) mass is 216 g/mol. The molecule has 82 valence electrons. The van der Waals surface area contributed by atoms with Crippen molar-refractivity contribution in [3.63, 3.8) is 0 Å². The van der Waals surface area contributed by atoms with E-state index in [0.29, 0.717) is 11.4 Å². The van der Waals surface area contributed by atoms with Crippen molar-refractivity contribution < 1.29 is 4.79 Å². The van der Waals surface area contributed by atoms with Gasteiger partial charge < -0.3 is 10.3 Å². The van der Waals surface area contributed by atoms with E-state index in [1.807, 2.05) is 12.3 Å². The molecule has 0 radical (unpaired) electrons. The van der Waals surface area contributed by atoms with Gasteiger partial charge in [0.2, 0.25) is 0 Å². The van der Waals surface area contributed by atoms with E-state index in [2.05, 4.69) is 14.8 Å². The fourth-order valence-electron chi connectivity index (χ4n) is 2.26. The maximum Gasteiger partial charge on any atom is 0.151 e. The zero-order valence-electron chi connectivity index (χ0n) is 8.73. The van der Waals surface area contributed by atoms with Crippen LogP contribution in [0.2, 0.25) is 0 Å². The molecule has 0 saturated heterocycles. The van der Waals surface area contributed by atoms with E-state index in [1.54, 1.807) is 0 Å². The van der Waals surface area contributed by atoms with Gasteiger partial charge in [-0.1, -0.05) is 0 Å². The summed E-state index contributed by atoms with van der Waals surface area (Å²) in [6, 6.07) is 1.87. The highest BCUT2D eigenvalue weighted by Gasteiger charge is 2.19. The van der Waals surface area contributed by atoms with Crippen LogP contribution in [0.1, 0.15) is 22.3 Å². The molecule has 0 aromatic carbocycles. The summed E-state index contributed by atoms with van der Waals surface area (Å²) in [5, 5.41) is 6.97. The molecule has 0 aliphatic carbocycles. The first-order chi connectivity index (χ1) is 7.79.